The first-order chi connectivity index (χ1) is 12.7. The highest BCUT2D eigenvalue weighted by Gasteiger charge is 2.24. The summed E-state index contributed by atoms with van der Waals surface area (Å²) in [4.78, 5) is 24.9. The van der Waals surface area contributed by atoms with Gasteiger partial charge in [0.15, 0.2) is 5.82 Å². The van der Waals surface area contributed by atoms with Gasteiger partial charge < -0.3 is 24.4 Å². The van der Waals surface area contributed by atoms with Crippen molar-refractivity contribution in [3.05, 3.63) is 30.6 Å². The molecule has 26 heavy (non-hydrogen) atoms. The van der Waals surface area contributed by atoms with Gasteiger partial charge in [-0.05, 0) is 13.0 Å². The molecule has 1 atom stereocenters. The Morgan fingerprint density at radius 1 is 1.27 bits per heavy atom. The summed E-state index contributed by atoms with van der Waals surface area (Å²) in [6.45, 7) is 5.76. The Labute approximate surface area is 152 Å². The molecule has 1 aliphatic heterocycles. The fourth-order valence-electron chi connectivity index (χ4n) is 2.87. The predicted molar refractivity (Wildman–Crippen MR) is 94.7 cm³/mol. The number of nitrogens with one attached hydrogen (secondary N) is 1. The minimum atomic E-state index is -0.239. The fraction of sp³-hybridized carbons (Fsp3) is 0.562. The molecule has 2 aromatic heterocycles. The minimum absolute atomic E-state index is 0.104. The lowest BCUT2D eigenvalue weighted by Crippen LogP contribution is -2.52. The van der Waals surface area contributed by atoms with Crippen LogP contribution in [0.5, 0.6) is 0 Å². The lowest BCUT2D eigenvalue weighted by Gasteiger charge is -2.35. The van der Waals surface area contributed by atoms with Gasteiger partial charge in [0, 0.05) is 52.2 Å². The van der Waals surface area contributed by atoms with Crippen LogP contribution in [0.3, 0.4) is 0 Å². The summed E-state index contributed by atoms with van der Waals surface area (Å²) in [6, 6.07) is 1.45. The lowest BCUT2D eigenvalue weighted by molar-refractivity contribution is 0.183. The van der Waals surface area contributed by atoms with Crippen molar-refractivity contribution < 1.29 is 9.53 Å². The molecule has 1 N–H and O–H groups in total. The molecule has 0 bridgehead atoms. The smallest absolute Gasteiger partial charge is 0.318 e. The lowest BCUT2D eigenvalue weighted by atomic mass is 10.3. The van der Waals surface area contributed by atoms with Crippen LogP contribution in [0.1, 0.15) is 18.8 Å². The molecule has 3 heterocycles. The van der Waals surface area contributed by atoms with E-state index < -0.39 is 0 Å². The third-order valence-corrected chi connectivity index (χ3v) is 4.31. The van der Waals surface area contributed by atoms with E-state index in [1.165, 1.54) is 0 Å². The van der Waals surface area contributed by atoms with Crippen molar-refractivity contribution >= 4 is 12.0 Å². The first-order valence-corrected chi connectivity index (χ1v) is 8.63. The Morgan fingerprint density at radius 3 is 2.69 bits per heavy atom. The largest absolute Gasteiger partial charge is 0.383 e. The molecule has 1 unspecified atom stereocenters. The molecule has 0 spiro atoms. The highest BCUT2D eigenvalue weighted by Crippen LogP contribution is 2.12. The minimum Gasteiger partial charge on any atom is -0.383 e. The second kappa shape index (κ2) is 8.56. The van der Waals surface area contributed by atoms with E-state index in [0.717, 1.165) is 0 Å². The van der Waals surface area contributed by atoms with Gasteiger partial charge in [0.1, 0.15) is 6.33 Å². The van der Waals surface area contributed by atoms with Gasteiger partial charge in [0.25, 0.3) is 0 Å². The number of hydrogen-bond donors (Lipinski definition) is 1. The Hall–Kier alpha value is -2.75. The van der Waals surface area contributed by atoms with Crippen LogP contribution in [0, 0.1) is 0 Å². The summed E-state index contributed by atoms with van der Waals surface area (Å²) >= 11 is 0. The van der Waals surface area contributed by atoms with Crippen LogP contribution in [0.2, 0.25) is 0 Å². The number of carbonyl (C=O) groups excluding carboxylic acids is 1. The Kier molecular flexibility index (Phi) is 5.95. The molecular formula is C16H24N8O2. The monoisotopic (exact) mass is 360 g/mol. The normalized spacial score (nSPS) is 15.8. The molecule has 0 saturated carbocycles. The van der Waals surface area contributed by atoms with Crippen molar-refractivity contribution in [2.24, 2.45) is 0 Å². The number of piperazine rings is 1. The van der Waals surface area contributed by atoms with Gasteiger partial charge in [-0.3, -0.25) is 0 Å². The molecule has 3 rings (SSSR count). The average molecular weight is 360 g/mol. The van der Waals surface area contributed by atoms with E-state index in [1.807, 2.05) is 11.5 Å². The molecule has 1 fully saturated rings. The van der Waals surface area contributed by atoms with E-state index in [0.29, 0.717) is 51.1 Å². The van der Waals surface area contributed by atoms with Crippen LogP contribution >= 0.6 is 0 Å². The van der Waals surface area contributed by atoms with Crippen LogP contribution in [-0.4, -0.2) is 75.6 Å². The predicted octanol–water partition coefficient (Wildman–Crippen LogP) is 0.307. The molecule has 1 saturated heterocycles. The first-order valence-electron chi connectivity index (χ1n) is 8.63. The maximum atomic E-state index is 12.6. The van der Waals surface area contributed by atoms with Gasteiger partial charge in [0.2, 0.25) is 5.95 Å². The van der Waals surface area contributed by atoms with Crippen molar-refractivity contribution in [1.29, 1.82) is 0 Å². The third kappa shape index (κ3) is 4.26. The Bertz CT molecular complexity index is 699. The Morgan fingerprint density at radius 2 is 2.00 bits per heavy atom. The molecule has 10 heteroatoms. The maximum absolute atomic E-state index is 12.6. The van der Waals surface area contributed by atoms with E-state index in [9.17, 15) is 4.79 Å². The summed E-state index contributed by atoms with van der Waals surface area (Å²) in [7, 11) is 1.65. The van der Waals surface area contributed by atoms with Crippen LogP contribution in [0.4, 0.5) is 10.7 Å². The second-order valence-electron chi connectivity index (χ2n) is 6.07. The summed E-state index contributed by atoms with van der Waals surface area (Å²) in [5.41, 5.74) is 0. The fourth-order valence-corrected chi connectivity index (χ4v) is 2.87. The molecule has 1 aliphatic rings. The summed E-state index contributed by atoms with van der Waals surface area (Å²) in [5.74, 6) is 1.42. The standard InChI is InChI=1S/C16H24N8O2/c1-13(14-21-19-12-24(14)10-11-26-2)20-16(25)23-8-6-22(7-9-23)15-17-4-3-5-18-15/h3-5,12-13H,6-11H2,1-2H3,(H,20,25). The van der Waals surface area contributed by atoms with Gasteiger partial charge in [-0.2, -0.15) is 0 Å². The zero-order valence-electron chi connectivity index (χ0n) is 15.1. The van der Waals surface area contributed by atoms with Gasteiger partial charge in [0.05, 0.1) is 12.6 Å². The molecule has 2 amide bonds. The highest BCUT2D eigenvalue weighted by atomic mass is 16.5. The number of ether oxygens (including phenoxy) is 1. The van der Waals surface area contributed by atoms with Crippen molar-refractivity contribution in [3.63, 3.8) is 0 Å². The van der Waals surface area contributed by atoms with Crippen molar-refractivity contribution in [3.8, 4) is 0 Å². The number of carbonyl (C=O) groups is 1. The van der Waals surface area contributed by atoms with E-state index in [2.05, 4.69) is 30.4 Å². The van der Waals surface area contributed by atoms with Crippen molar-refractivity contribution in [2.45, 2.75) is 19.5 Å². The maximum Gasteiger partial charge on any atom is 0.318 e. The topological polar surface area (TPSA) is 101 Å². The number of hydrogen-bond acceptors (Lipinski definition) is 7. The van der Waals surface area contributed by atoms with E-state index in [1.54, 1.807) is 36.8 Å². The van der Waals surface area contributed by atoms with Crippen LogP contribution in [0.25, 0.3) is 0 Å². The number of anilines is 1. The van der Waals surface area contributed by atoms with Gasteiger partial charge >= 0.3 is 6.03 Å². The molecule has 0 radical (unpaired) electrons. The van der Waals surface area contributed by atoms with Crippen LogP contribution in [0.15, 0.2) is 24.8 Å². The summed E-state index contributed by atoms with van der Waals surface area (Å²) in [6.07, 6.45) is 5.10. The van der Waals surface area contributed by atoms with E-state index in [4.69, 9.17) is 4.74 Å². The highest BCUT2D eigenvalue weighted by molar-refractivity contribution is 5.74. The molecule has 2 aromatic rings. The van der Waals surface area contributed by atoms with Crippen molar-refractivity contribution in [1.82, 2.24) is 34.9 Å². The first kappa shape index (κ1) is 18.1. The SMILES string of the molecule is COCCn1cnnc1C(C)NC(=O)N1CCN(c2ncccn2)CC1. The van der Waals surface area contributed by atoms with Crippen LogP contribution in [-0.2, 0) is 11.3 Å². The van der Waals surface area contributed by atoms with E-state index in [-0.39, 0.29) is 12.1 Å². The quantitative estimate of drug-likeness (QED) is 0.791. The number of aromatic nitrogens is 5. The van der Waals surface area contributed by atoms with Crippen molar-refractivity contribution in [2.75, 3.05) is 44.8 Å². The van der Waals surface area contributed by atoms with Gasteiger partial charge in [-0.1, -0.05) is 0 Å². The number of amides is 2. The summed E-state index contributed by atoms with van der Waals surface area (Å²) < 4.78 is 6.97. The number of rotatable bonds is 6. The molecule has 0 aromatic carbocycles. The summed E-state index contributed by atoms with van der Waals surface area (Å²) in [5, 5.41) is 11.0. The van der Waals surface area contributed by atoms with E-state index >= 15 is 0 Å². The average Bonchev–Trinajstić information content (AvgIpc) is 3.16. The second-order valence-corrected chi connectivity index (χ2v) is 6.07. The zero-order chi connectivity index (χ0) is 18.4. The zero-order valence-corrected chi connectivity index (χ0v) is 15.1. The molecule has 10 nitrogen and oxygen atoms in total. The third-order valence-electron chi connectivity index (χ3n) is 4.31. The van der Waals surface area contributed by atoms with Gasteiger partial charge in [-0.25, -0.2) is 14.8 Å². The Balaban J connectivity index is 1.52. The molecular weight excluding hydrogens is 336 g/mol. The van der Waals surface area contributed by atoms with Gasteiger partial charge in [-0.15, -0.1) is 10.2 Å². The van der Waals surface area contributed by atoms with Crippen LogP contribution < -0.4 is 10.2 Å². The number of urea groups is 1. The molecule has 140 valence electrons. The number of nitrogens with zero attached hydrogens (tertiary/aromatic N) is 7. The molecule has 0 aliphatic carbocycles. The number of methoxy groups -OCH3 is 1.